The average molecular weight is 198 g/mol. The molecule has 1 rings (SSSR count). The van der Waals surface area contributed by atoms with Crippen LogP contribution in [0.25, 0.3) is 0 Å². The summed E-state index contributed by atoms with van der Waals surface area (Å²) in [5, 5.41) is 8.61. The van der Waals surface area contributed by atoms with Crippen molar-refractivity contribution >= 4 is 5.97 Å². The lowest BCUT2D eigenvalue weighted by Gasteiger charge is -2.25. The van der Waals surface area contributed by atoms with Gasteiger partial charge in [0.05, 0.1) is 0 Å². The smallest absolute Gasteiger partial charge is 0.303 e. The second kappa shape index (κ2) is 5.38. The van der Waals surface area contributed by atoms with Gasteiger partial charge in [0, 0.05) is 6.42 Å². The van der Waals surface area contributed by atoms with Crippen molar-refractivity contribution in [2.24, 2.45) is 17.8 Å². The molecule has 0 aromatic rings. The van der Waals surface area contributed by atoms with E-state index in [0.29, 0.717) is 18.3 Å². The van der Waals surface area contributed by atoms with Crippen LogP contribution in [0.1, 0.15) is 52.4 Å². The number of hydrogen-bond acceptors (Lipinski definition) is 1. The van der Waals surface area contributed by atoms with Gasteiger partial charge in [-0.25, -0.2) is 0 Å². The van der Waals surface area contributed by atoms with Crippen LogP contribution in [0.5, 0.6) is 0 Å². The molecule has 0 aromatic heterocycles. The van der Waals surface area contributed by atoms with Crippen molar-refractivity contribution in [3.05, 3.63) is 0 Å². The number of carbonyl (C=O) groups is 1. The third kappa shape index (κ3) is 3.32. The third-order valence-corrected chi connectivity index (χ3v) is 3.85. The van der Waals surface area contributed by atoms with Crippen molar-refractivity contribution in [1.82, 2.24) is 0 Å². The fourth-order valence-electron chi connectivity index (χ4n) is 2.56. The van der Waals surface area contributed by atoms with Gasteiger partial charge in [0.15, 0.2) is 0 Å². The van der Waals surface area contributed by atoms with E-state index in [1.807, 2.05) is 0 Å². The Hall–Kier alpha value is -0.530. The van der Waals surface area contributed by atoms with Crippen molar-refractivity contribution in [1.29, 1.82) is 0 Å². The number of carboxylic acids is 1. The van der Waals surface area contributed by atoms with Gasteiger partial charge >= 0.3 is 5.97 Å². The molecule has 0 bridgehead atoms. The van der Waals surface area contributed by atoms with Gasteiger partial charge in [-0.1, -0.05) is 39.5 Å². The Bertz CT molecular complexity index is 183. The molecule has 2 unspecified atom stereocenters. The molecule has 2 nitrogen and oxygen atoms in total. The first-order valence-electron chi connectivity index (χ1n) is 5.83. The highest BCUT2D eigenvalue weighted by Gasteiger charge is 2.25. The quantitative estimate of drug-likeness (QED) is 0.735. The van der Waals surface area contributed by atoms with Gasteiger partial charge in [0.25, 0.3) is 0 Å². The fraction of sp³-hybridized carbons (Fsp3) is 0.917. The number of hydrogen-bond donors (Lipinski definition) is 1. The maximum absolute atomic E-state index is 10.4. The summed E-state index contributed by atoms with van der Waals surface area (Å²) in [5.41, 5.74) is 0. The number of aliphatic carboxylic acids is 1. The molecule has 1 fully saturated rings. The summed E-state index contributed by atoms with van der Waals surface area (Å²) >= 11 is 0. The molecule has 0 heterocycles. The molecular formula is C12H22O2. The molecular weight excluding hydrogens is 176 g/mol. The van der Waals surface area contributed by atoms with E-state index in [9.17, 15) is 4.79 Å². The molecule has 14 heavy (non-hydrogen) atoms. The molecule has 1 N–H and O–H groups in total. The largest absolute Gasteiger partial charge is 0.481 e. The normalized spacial score (nSPS) is 22.1. The van der Waals surface area contributed by atoms with Crippen LogP contribution in [-0.4, -0.2) is 11.1 Å². The minimum Gasteiger partial charge on any atom is -0.481 e. The number of carboxylic acid groups (broad SMARTS) is 1. The molecule has 82 valence electrons. The Kier molecular flexibility index (Phi) is 4.43. The predicted octanol–water partition coefficient (Wildman–Crippen LogP) is 3.31. The van der Waals surface area contributed by atoms with Crippen molar-refractivity contribution in [2.45, 2.75) is 52.4 Å². The average Bonchev–Trinajstić information content (AvgIpc) is 2.65. The lowest BCUT2D eigenvalue weighted by atomic mass is 9.81. The zero-order valence-electron chi connectivity index (χ0n) is 9.33. The zero-order valence-corrected chi connectivity index (χ0v) is 9.33. The maximum atomic E-state index is 10.4. The first-order valence-corrected chi connectivity index (χ1v) is 5.83. The third-order valence-electron chi connectivity index (χ3n) is 3.85. The van der Waals surface area contributed by atoms with Crippen LogP contribution < -0.4 is 0 Å². The SMILES string of the molecule is CC(CCC(=O)O)C(C)C1CCCC1. The van der Waals surface area contributed by atoms with Crippen LogP contribution in [0, 0.1) is 17.8 Å². The van der Waals surface area contributed by atoms with E-state index in [1.54, 1.807) is 0 Å². The highest BCUT2D eigenvalue weighted by molar-refractivity contribution is 5.66. The second-order valence-corrected chi connectivity index (χ2v) is 4.81. The van der Waals surface area contributed by atoms with Crippen LogP contribution in [0.15, 0.2) is 0 Å². The predicted molar refractivity (Wildman–Crippen MR) is 57.2 cm³/mol. The van der Waals surface area contributed by atoms with E-state index in [1.165, 1.54) is 25.7 Å². The van der Waals surface area contributed by atoms with Crippen LogP contribution >= 0.6 is 0 Å². The first-order chi connectivity index (χ1) is 6.61. The zero-order chi connectivity index (χ0) is 10.6. The van der Waals surface area contributed by atoms with Crippen molar-refractivity contribution in [2.75, 3.05) is 0 Å². The highest BCUT2D eigenvalue weighted by Crippen LogP contribution is 2.36. The Morgan fingerprint density at radius 2 is 1.93 bits per heavy atom. The van der Waals surface area contributed by atoms with E-state index in [0.717, 1.165) is 12.3 Å². The summed E-state index contributed by atoms with van der Waals surface area (Å²) in [6, 6.07) is 0. The van der Waals surface area contributed by atoms with Crippen molar-refractivity contribution in [3.63, 3.8) is 0 Å². The van der Waals surface area contributed by atoms with Gasteiger partial charge in [-0.2, -0.15) is 0 Å². The van der Waals surface area contributed by atoms with Crippen LogP contribution in [0.3, 0.4) is 0 Å². The Labute approximate surface area is 86.7 Å². The molecule has 2 atom stereocenters. The standard InChI is InChI=1S/C12H22O2/c1-9(7-8-12(13)14)10(2)11-5-3-4-6-11/h9-11H,3-8H2,1-2H3,(H,13,14). The molecule has 0 saturated heterocycles. The highest BCUT2D eigenvalue weighted by atomic mass is 16.4. The molecule has 0 radical (unpaired) electrons. The second-order valence-electron chi connectivity index (χ2n) is 4.81. The lowest BCUT2D eigenvalue weighted by Crippen LogP contribution is -2.17. The van der Waals surface area contributed by atoms with Crippen molar-refractivity contribution in [3.8, 4) is 0 Å². The number of rotatable bonds is 5. The molecule has 1 aliphatic rings. The van der Waals surface area contributed by atoms with Gasteiger partial charge in [0.2, 0.25) is 0 Å². The van der Waals surface area contributed by atoms with Crippen LogP contribution in [0.2, 0.25) is 0 Å². The summed E-state index contributed by atoms with van der Waals surface area (Å²) in [6.07, 6.45) is 6.64. The van der Waals surface area contributed by atoms with E-state index in [4.69, 9.17) is 5.11 Å². The molecule has 0 amide bonds. The van der Waals surface area contributed by atoms with E-state index >= 15 is 0 Å². The van der Waals surface area contributed by atoms with E-state index < -0.39 is 5.97 Å². The Morgan fingerprint density at radius 3 is 2.43 bits per heavy atom. The molecule has 1 aliphatic carbocycles. The van der Waals surface area contributed by atoms with Gasteiger partial charge in [-0.3, -0.25) is 4.79 Å². The summed E-state index contributed by atoms with van der Waals surface area (Å²) in [5.74, 6) is 1.47. The van der Waals surface area contributed by atoms with E-state index in [2.05, 4.69) is 13.8 Å². The molecule has 2 heteroatoms. The summed E-state index contributed by atoms with van der Waals surface area (Å²) < 4.78 is 0. The molecule has 0 aromatic carbocycles. The van der Waals surface area contributed by atoms with Gasteiger partial charge in [0.1, 0.15) is 0 Å². The van der Waals surface area contributed by atoms with Crippen molar-refractivity contribution < 1.29 is 9.90 Å². The minimum atomic E-state index is -0.657. The maximum Gasteiger partial charge on any atom is 0.303 e. The van der Waals surface area contributed by atoms with Gasteiger partial charge in [-0.15, -0.1) is 0 Å². The van der Waals surface area contributed by atoms with E-state index in [-0.39, 0.29) is 0 Å². The summed E-state index contributed by atoms with van der Waals surface area (Å²) in [4.78, 5) is 10.4. The van der Waals surface area contributed by atoms with Crippen LogP contribution in [0.4, 0.5) is 0 Å². The molecule has 0 aliphatic heterocycles. The molecule has 0 spiro atoms. The lowest BCUT2D eigenvalue weighted by molar-refractivity contribution is -0.137. The minimum absolute atomic E-state index is 0.332. The topological polar surface area (TPSA) is 37.3 Å². The summed E-state index contributed by atoms with van der Waals surface area (Å²) in [6.45, 7) is 4.49. The fourth-order valence-corrected chi connectivity index (χ4v) is 2.56. The summed E-state index contributed by atoms with van der Waals surface area (Å²) in [7, 11) is 0. The van der Waals surface area contributed by atoms with Gasteiger partial charge in [-0.05, 0) is 24.2 Å². The monoisotopic (exact) mass is 198 g/mol. The first kappa shape index (κ1) is 11.5. The Balaban J connectivity index is 2.27. The van der Waals surface area contributed by atoms with Gasteiger partial charge < -0.3 is 5.11 Å². The molecule has 1 saturated carbocycles. The Morgan fingerprint density at radius 1 is 1.36 bits per heavy atom. The van der Waals surface area contributed by atoms with Crippen LogP contribution in [-0.2, 0) is 4.79 Å².